The number of hydrogen-bond acceptors (Lipinski definition) is 1. The molecule has 1 nitrogen and oxygen atoms in total. The maximum absolute atomic E-state index is 6.10. The molecule has 4 aromatic carbocycles. The average Bonchev–Trinajstić information content (AvgIpc) is 3.31. The topological polar surface area (TPSA) is 13.1 Å². The van der Waals surface area contributed by atoms with Gasteiger partial charge in [0.25, 0.3) is 0 Å². The van der Waals surface area contributed by atoms with Gasteiger partial charge in [0.1, 0.15) is 11.3 Å². The van der Waals surface area contributed by atoms with Crippen LogP contribution in [0, 0.1) is 0 Å². The van der Waals surface area contributed by atoms with Gasteiger partial charge in [-0.25, -0.2) is 0 Å². The van der Waals surface area contributed by atoms with Crippen LogP contribution < -0.4 is 0 Å². The normalized spacial score (nSPS) is 13.8. The lowest BCUT2D eigenvalue weighted by Crippen LogP contribution is -1.88. The van der Waals surface area contributed by atoms with Crippen molar-refractivity contribution in [1.82, 2.24) is 0 Å². The second kappa shape index (κ2) is 5.48. The lowest BCUT2D eigenvalue weighted by atomic mass is 9.94. The van der Waals surface area contributed by atoms with E-state index in [1.807, 2.05) is 0 Å². The first-order chi connectivity index (χ1) is 14.4. The fourth-order valence-electron chi connectivity index (χ4n) is 5.12. The molecule has 1 aromatic heterocycles. The van der Waals surface area contributed by atoms with E-state index < -0.39 is 0 Å². The molecule has 2 aliphatic carbocycles. The third-order valence-electron chi connectivity index (χ3n) is 6.44. The molecule has 2 aliphatic rings. The van der Waals surface area contributed by atoms with Gasteiger partial charge < -0.3 is 4.42 Å². The predicted octanol–water partition coefficient (Wildman–Crippen LogP) is 7.86. The molecule has 0 fully saturated rings. The maximum Gasteiger partial charge on any atom is 0.134 e. The first-order valence-corrected chi connectivity index (χ1v) is 10.3. The first kappa shape index (κ1) is 15.4. The molecule has 1 heterocycles. The minimum Gasteiger partial charge on any atom is -0.460 e. The Kier molecular flexibility index (Phi) is 2.90. The molecule has 1 heteroatoms. The molecule has 0 atom stereocenters. The highest BCUT2D eigenvalue weighted by molar-refractivity contribution is 6.16. The molecule has 0 radical (unpaired) electrons. The number of rotatable bonds is 1. The Balaban J connectivity index is 1.50. The van der Waals surface area contributed by atoms with Crippen molar-refractivity contribution in [3.63, 3.8) is 0 Å². The SMILES string of the molecule is C1=Cc2c(oc3ccc(-c4cc5c6c(cccc6c4)-c4ccccc4-5)cc23)CC1. The number of aryl methyl sites for hydroxylation is 1. The van der Waals surface area contributed by atoms with Gasteiger partial charge in [-0.1, -0.05) is 60.7 Å². The van der Waals surface area contributed by atoms with Crippen LogP contribution >= 0.6 is 0 Å². The van der Waals surface area contributed by atoms with Crippen molar-refractivity contribution in [3.8, 4) is 33.4 Å². The second-order valence-electron chi connectivity index (χ2n) is 8.06. The Morgan fingerprint density at radius 3 is 2.48 bits per heavy atom. The molecule has 0 spiro atoms. The van der Waals surface area contributed by atoms with Gasteiger partial charge in [-0.3, -0.25) is 0 Å². The summed E-state index contributed by atoms with van der Waals surface area (Å²) in [6, 6.07) is 26.7. The Labute approximate surface area is 168 Å². The van der Waals surface area contributed by atoms with E-state index in [2.05, 4.69) is 84.9 Å². The molecule has 0 saturated carbocycles. The molecule has 0 amide bonds. The van der Waals surface area contributed by atoms with E-state index in [0.29, 0.717) is 0 Å². The summed E-state index contributed by atoms with van der Waals surface area (Å²) in [5.41, 5.74) is 10.1. The Morgan fingerprint density at radius 1 is 0.690 bits per heavy atom. The summed E-state index contributed by atoms with van der Waals surface area (Å²) in [4.78, 5) is 0. The Bertz CT molecular complexity index is 1500. The van der Waals surface area contributed by atoms with E-state index in [1.54, 1.807) is 0 Å². The molecule has 5 aromatic rings. The van der Waals surface area contributed by atoms with Crippen LogP contribution in [0.15, 0.2) is 83.3 Å². The Hall–Kier alpha value is -3.58. The van der Waals surface area contributed by atoms with Crippen LogP contribution in [-0.2, 0) is 6.42 Å². The van der Waals surface area contributed by atoms with Gasteiger partial charge in [-0.05, 0) is 74.8 Å². The van der Waals surface area contributed by atoms with Crippen molar-refractivity contribution in [2.75, 3.05) is 0 Å². The van der Waals surface area contributed by atoms with Gasteiger partial charge in [0.05, 0.1) is 0 Å². The fourth-order valence-corrected chi connectivity index (χ4v) is 5.12. The average molecular weight is 370 g/mol. The molecular weight excluding hydrogens is 352 g/mol. The predicted molar refractivity (Wildman–Crippen MR) is 121 cm³/mol. The molecule has 29 heavy (non-hydrogen) atoms. The summed E-state index contributed by atoms with van der Waals surface area (Å²) in [6.45, 7) is 0. The van der Waals surface area contributed by atoms with Gasteiger partial charge in [0.15, 0.2) is 0 Å². The highest BCUT2D eigenvalue weighted by atomic mass is 16.3. The van der Waals surface area contributed by atoms with Gasteiger partial charge in [0.2, 0.25) is 0 Å². The summed E-state index contributed by atoms with van der Waals surface area (Å²) < 4.78 is 6.10. The summed E-state index contributed by atoms with van der Waals surface area (Å²) >= 11 is 0. The van der Waals surface area contributed by atoms with Crippen molar-refractivity contribution in [2.24, 2.45) is 0 Å². The van der Waals surface area contributed by atoms with E-state index in [0.717, 1.165) is 24.2 Å². The quantitative estimate of drug-likeness (QED) is 0.287. The third-order valence-corrected chi connectivity index (χ3v) is 6.44. The maximum atomic E-state index is 6.10. The summed E-state index contributed by atoms with van der Waals surface area (Å²) in [5.74, 6) is 1.12. The van der Waals surface area contributed by atoms with Gasteiger partial charge in [0, 0.05) is 17.4 Å². The van der Waals surface area contributed by atoms with Crippen molar-refractivity contribution >= 4 is 27.8 Å². The van der Waals surface area contributed by atoms with E-state index in [1.165, 1.54) is 55.1 Å². The monoisotopic (exact) mass is 370 g/mol. The van der Waals surface area contributed by atoms with Crippen LogP contribution in [0.3, 0.4) is 0 Å². The molecule has 7 rings (SSSR count). The van der Waals surface area contributed by atoms with Crippen LogP contribution in [0.5, 0.6) is 0 Å². The van der Waals surface area contributed by atoms with E-state index >= 15 is 0 Å². The third kappa shape index (κ3) is 2.05. The highest BCUT2D eigenvalue weighted by Gasteiger charge is 2.22. The minimum atomic E-state index is 0.989. The molecule has 0 saturated heterocycles. The van der Waals surface area contributed by atoms with Gasteiger partial charge in [-0.2, -0.15) is 0 Å². The summed E-state index contributed by atoms with van der Waals surface area (Å²) in [7, 11) is 0. The minimum absolute atomic E-state index is 0.989. The van der Waals surface area contributed by atoms with Gasteiger partial charge in [-0.15, -0.1) is 0 Å². The zero-order valence-electron chi connectivity index (χ0n) is 15.9. The molecule has 0 unspecified atom stereocenters. The smallest absolute Gasteiger partial charge is 0.134 e. The molecule has 0 N–H and O–H groups in total. The van der Waals surface area contributed by atoms with E-state index in [4.69, 9.17) is 4.42 Å². The number of furan rings is 1. The summed E-state index contributed by atoms with van der Waals surface area (Å²) in [5, 5.41) is 3.90. The molecule has 0 aliphatic heterocycles. The van der Waals surface area contributed by atoms with Gasteiger partial charge >= 0.3 is 0 Å². The van der Waals surface area contributed by atoms with Crippen LogP contribution in [0.25, 0.3) is 61.2 Å². The fraction of sp³-hybridized carbons (Fsp3) is 0.0714. The van der Waals surface area contributed by atoms with Crippen LogP contribution in [0.2, 0.25) is 0 Å². The number of fused-ring (bicyclic) bond motifs is 6. The van der Waals surface area contributed by atoms with Crippen LogP contribution in [0.4, 0.5) is 0 Å². The van der Waals surface area contributed by atoms with E-state index in [9.17, 15) is 0 Å². The lowest BCUT2D eigenvalue weighted by molar-refractivity contribution is 0.546. The standard InChI is InChI=1S/C28H18O/c1-2-8-21-20(7-1)23-10-5-6-18-14-19(16-25(21)28(18)23)17-12-13-27-24(15-17)22-9-3-4-11-26(22)29-27/h1-3,5-10,12-16H,4,11H2. The van der Waals surface area contributed by atoms with Crippen molar-refractivity contribution in [1.29, 1.82) is 0 Å². The number of benzene rings is 4. The molecule has 136 valence electrons. The largest absolute Gasteiger partial charge is 0.460 e. The zero-order chi connectivity index (χ0) is 18.9. The number of allylic oxidation sites excluding steroid dienone is 1. The zero-order valence-corrected chi connectivity index (χ0v) is 15.9. The molecule has 0 bridgehead atoms. The first-order valence-electron chi connectivity index (χ1n) is 10.3. The highest BCUT2D eigenvalue weighted by Crippen LogP contribution is 2.48. The Morgan fingerprint density at radius 2 is 1.55 bits per heavy atom. The van der Waals surface area contributed by atoms with E-state index in [-0.39, 0.29) is 0 Å². The second-order valence-corrected chi connectivity index (χ2v) is 8.06. The van der Waals surface area contributed by atoms with Crippen LogP contribution in [0.1, 0.15) is 17.7 Å². The van der Waals surface area contributed by atoms with Crippen molar-refractivity contribution in [3.05, 3.63) is 90.2 Å². The van der Waals surface area contributed by atoms with Crippen molar-refractivity contribution < 1.29 is 4.42 Å². The lowest BCUT2D eigenvalue weighted by Gasteiger charge is -2.08. The molecular formula is C28H18O. The van der Waals surface area contributed by atoms with Crippen molar-refractivity contribution in [2.45, 2.75) is 12.8 Å². The number of hydrogen-bond donors (Lipinski definition) is 0. The van der Waals surface area contributed by atoms with Crippen LogP contribution in [-0.4, -0.2) is 0 Å². The summed E-state index contributed by atoms with van der Waals surface area (Å²) in [6.07, 6.45) is 6.53.